The normalized spacial score (nSPS) is 15.7. The van der Waals surface area contributed by atoms with Crippen LogP contribution in [-0.2, 0) is 14.3 Å². The summed E-state index contributed by atoms with van der Waals surface area (Å²) >= 11 is 0. The van der Waals surface area contributed by atoms with E-state index in [0.29, 0.717) is 25.2 Å². The molecular weight excluding hydrogens is 432 g/mol. The molecule has 7 nitrogen and oxygen atoms in total. The summed E-state index contributed by atoms with van der Waals surface area (Å²) in [7, 11) is 0. The first kappa shape index (κ1) is 23.8. The summed E-state index contributed by atoms with van der Waals surface area (Å²) in [6, 6.07) is 15.2. The number of carboxylic acid groups (broad SMARTS) is 1. The Morgan fingerprint density at radius 2 is 1.56 bits per heavy atom. The Bertz CT molecular complexity index is 1030. The lowest BCUT2D eigenvalue weighted by atomic mass is 9.91. The van der Waals surface area contributed by atoms with Crippen molar-refractivity contribution in [3.63, 3.8) is 0 Å². The quantitative estimate of drug-likeness (QED) is 0.482. The molecule has 2 amide bonds. The summed E-state index contributed by atoms with van der Waals surface area (Å²) < 4.78 is 5.63. The summed E-state index contributed by atoms with van der Waals surface area (Å²) in [6.45, 7) is 3.73. The summed E-state index contributed by atoms with van der Waals surface area (Å²) in [5.74, 6) is -1.28. The molecular formula is C27H32N2O5. The molecule has 1 atom stereocenters. The third-order valence-electron chi connectivity index (χ3n) is 7.20. The van der Waals surface area contributed by atoms with Crippen molar-refractivity contribution in [2.75, 3.05) is 6.61 Å². The van der Waals surface area contributed by atoms with Gasteiger partial charge in [0.1, 0.15) is 18.2 Å². The summed E-state index contributed by atoms with van der Waals surface area (Å²) in [5.41, 5.74) is 3.25. The molecule has 1 saturated carbocycles. The molecule has 0 unspecified atom stereocenters. The van der Waals surface area contributed by atoms with Crippen molar-refractivity contribution in [2.24, 2.45) is 5.92 Å². The number of rotatable bonds is 10. The number of carboxylic acids is 1. The van der Waals surface area contributed by atoms with Crippen LogP contribution in [0.25, 0.3) is 11.1 Å². The van der Waals surface area contributed by atoms with Gasteiger partial charge in [-0.25, -0.2) is 9.59 Å². The lowest BCUT2D eigenvalue weighted by Crippen LogP contribution is -2.60. The van der Waals surface area contributed by atoms with Gasteiger partial charge in [0.25, 0.3) is 0 Å². The number of carbonyl (C=O) groups is 3. The number of carbonyl (C=O) groups excluding carboxylic acids is 2. The third kappa shape index (κ3) is 4.79. The first-order chi connectivity index (χ1) is 16.4. The molecule has 4 rings (SSSR count). The van der Waals surface area contributed by atoms with E-state index in [1.54, 1.807) is 13.8 Å². The van der Waals surface area contributed by atoms with Crippen LogP contribution in [0.1, 0.15) is 63.0 Å². The van der Waals surface area contributed by atoms with Crippen molar-refractivity contribution in [3.8, 4) is 11.1 Å². The van der Waals surface area contributed by atoms with Crippen molar-refractivity contribution in [1.29, 1.82) is 0 Å². The van der Waals surface area contributed by atoms with Gasteiger partial charge in [0, 0.05) is 5.92 Å². The molecule has 1 fully saturated rings. The maximum Gasteiger partial charge on any atom is 0.408 e. The number of aliphatic carboxylic acids is 1. The highest BCUT2D eigenvalue weighted by Crippen LogP contribution is 2.44. The molecule has 3 N–H and O–H groups in total. The Morgan fingerprint density at radius 3 is 2.06 bits per heavy atom. The van der Waals surface area contributed by atoms with Gasteiger partial charge in [-0.05, 0) is 47.4 Å². The minimum Gasteiger partial charge on any atom is -0.480 e. The monoisotopic (exact) mass is 464 g/mol. The standard InChI is InChI=1S/C27H32N2O5/c1-3-27(4-2,25(32)28-23(24(30)31)15-17-13-14-17)29-26(33)34-16-22-20-11-7-5-9-18(20)19-10-6-8-12-21(19)22/h5-12,17,22-23H,3-4,13-16H2,1-2H3,(H,28,32)(H,29,33)(H,30,31)/t23-/m0/s1. The number of hydrogen-bond donors (Lipinski definition) is 3. The van der Waals surface area contributed by atoms with E-state index in [4.69, 9.17) is 4.74 Å². The third-order valence-corrected chi connectivity index (χ3v) is 7.20. The minimum absolute atomic E-state index is 0.0837. The van der Waals surface area contributed by atoms with Crippen molar-refractivity contribution >= 4 is 18.0 Å². The number of benzene rings is 2. The van der Waals surface area contributed by atoms with Crippen LogP contribution >= 0.6 is 0 Å². The molecule has 2 aromatic carbocycles. The van der Waals surface area contributed by atoms with Crippen LogP contribution in [0.4, 0.5) is 4.79 Å². The molecule has 180 valence electrons. The molecule has 7 heteroatoms. The van der Waals surface area contributed by atoms with Gasteiger partial charge in [0.2, 0.25) is 5.91 Å². The highest BCUT2D eigenvalue weighted by molar-refractivity contribution is 5.92. The van der Waals surface area contributed by atoms with E-state index in [0.717, 1.165) is 35.1 Å². The molecule has 0 aromatic heterocycles. The molecule has 0 heterocycles. The van der Waals surface area contributed by atoms with E-state index >= 15 is 0 Å². The molecule has 34 heavy (non-hydrogen) atoms. The van der Waals surface area contributed by atoms with Crippen LogP contribution in [0.2, 0.25) is 0 Å². The second-order valence-electron chi connectivity index (χ2n) is 9.28. The molecule has 0 aliphatic heterocycles. The number of hydrogen-bond acceptors (Lipinski definition) is 4. The zero-order valence-corrected chi connectivity index (χ0v) is 19.7. The fourth-order valence-electron chi connectivity index (χ4n) is 4.84. The maximum absolute atomic E-state index is 13.1. The smallest absolute Gasteiger partial charge is 0.408 e. The summed E-state index contributed by atoms with van der Waals surface area (Å²) in [4.78, 5) is 37.6. The Balaban J connectivity index is 1.43. The van der Waals surface area contributed by atoms with Gasteiger partial charge in [-0.15, -0.1) is 0 Å². The van der Waals surface area contributed by atoms with Crippen LogP contribution in [0.5, 0.6) is 0 Å². The molecule has 0 saturated heterocycles. The Kier molecular flexibility index (Phi) is 6.91. The van der Waals surface area contributed by atoms with Crippen molar-refractivity contribution < 1.29 is 24.2 Å². The molecule has 2 aliphatic rings. The fourth-order valence-corrected chi connectivity index (χ4v) is 4.84. The second-order valence-corrected chi connectivity index (χ2v) is 9.28. The number of nitrogens with one attached hydrogen (secondary N) is 2. The fraction of sp³-hybridized carbons (Fsp3) is 0.444. The van der Waals surface area contributed by atoms with Gasteiger partial charge in [0.15, 0.2) is 0 Å². The summed E-state index contributed by atoms with van der Waals surface area (Å²) in [6.07, 6.45) is 2.34. The van der Waals surface area contributed by atoms with Gasteiger partial charge in [-0.2, -0.15) is 0 Å². The highest BCUT2D eigenvalue weighted by Gasteiger charge is 2.40. The topological polar surface area (TPSA) is 105 Å². The minimum atomic E-state index is -1.24. The molecule has 2 aromatic rings. The second kappa shape index (κ2) is 9.87. The number of amides is 2. The van der Waals surface area contributed by atoms with Crippen LogP contribution in [0, 0.1) is 5.92 Å². The van der Waals surface area contributed by atoms with Crippen LogP contribution in [0.3, 0.4) is 0 Å². The van der Waals surface area contributed by atoms with E-state index < -0.39 is 29.6 Å². The Labute approximate surface area is 199 Å². The van der Waals surface area contributed by atoms with Gasteiger partial charge in [-0.3, -0.25) is 4.79 Å². The maximum atomic E-state index is 13.1. The molecule has 0 spiro atoms. The lowest BCUT2D eigenvalue weighted by molar-refractivity contribution is -0.143. The average Bonchev–Trinajstić information content (AvgIpc) is 3.61. The van der Waals surface area contributed by atoms with Crippen LogP contribution in [0.15, 0.2) is 48.5 Å². The first-order valence-electron chi connectivity index (χ1n) is 12.1. The highest BCUT2D eigenvalue weighted by atomic mass is 16.5. The van der Waals surface area contributed by atoms with Gasteiger partial charge < -0.3 is 20.5 Å². The average molecular weight is 465 g/mol. The Morgan fingerprint density at radius 1 is 1.00 bits per heavy atom. The zero-order chi connectivity index (χ0) is 24.3. The number of fused-ring (bicyclic) bond motifs is 3. The largest absolute Gasteiger partial charge is 0.480 e. The van der Waals surface area contributed by atoms with Crippen molar-refractivity contribution in [1.82, 2.24) is 10.6 Å². The SMILES string of the molecule is CCC(CC)(NC(=O)OCC1c2ccccc2-c2ccccc21)C(=O)N[C@@H](CC1CC1)C(=O)O. The zero-order valence-electron chi connectivity index (χ0n) is 19.7. The molecule has 0 radical (unpaired) electrons. The van der Waals surface area contributed by atoms with Gasteiger partial charge >= 0.3 is 12.1 Å². The van der Waals surface area contributed by atoms with Gasteiger partial charge in [0.05, 0.1) is 0 Å². The number of ether oxygens (including phenoxy) is 1. The van der Waals surface area contributed by atoms with E-state index in [1.165, 1.54) is 0 Å². The molecule has 2 aliphatic carbocycles. The Hall–Kier alpha value is -3.35. The predicted molar refractivity (Wildman–Crippen MR) is 128 cm³/mol. The predicted octanol–water partition coefficient (Wildman–Crippen LogP) is 4.45. The number of alkyl carbamates (subject to hydrolysis) is 1. The van der Waals surface area contributed by atoms with Crippen molar-refractivity contribution in [2.45, 2.75) is 63.5 Å². The summed E-state index contributed by atoms with van der Waals surface area (Å²) in [5, 5.41) is 14.9. The van der Waals surface area contributed by atoms with Crippen molar-refractivity contribution in [3.05, 3.63) is 59.7 Å². The van der Waals surface area contributed by atoms with Crippen LogP contribution in [-0.4, -0.2) is 41.3 Å². The molecule has 0 bridgehead atoms. The first-order valence-corrected chi connectivity index (χ1v) is 12.1. The van der Waals surface area contributed by atoms with Crippen LogP contribution < -0.4 is 10.6 Å². The van der Waals surface area contributed by atoms with Gasteiger partial charge in [-0.1, -0.05) is 75.2 Å². The lowest BCUT2D eigenvalue weighted by Gasteiger charge is -2.32. The van der Waals surface area contributed by atoms with E-state index in [-0.39, 0.29) is 12.5 Å². The van der Waals surface area contributed by atoms with E-state index in [1.807, 2.05) is 36.4 Å². The van der Waals surface area contributed by atoms with E-state index in [9.17, 15) is 19.5 Å². The van der Waals surface area contributed by atoms with E-state index in [2.05, 4.69) is 22.8 Å².